The lowest BCUT2D eigenvalue weighted by molar-refractivity contribution is -0.110. The van der Waals surface area contributed by atoms with Crippen LogP contribution in [0, 0.1) is 0 Å². The lowest BCUT2D eigenvalue weighted by atomic mass is 10.1. The first-order chi connectivity index (χ1) is 11.9. The fourth-order valence-corrected chi connectivity index (χ4v) is 5.63. The normalized spacial score (nSPS) is 22.8. The van der Waals surface area contributed by atoms with E-state index in [1.165, 1.54) is 11.3 Å². The van der Waals surface area contributed by atoms with Crippen LogP contribution in [0.25, 0.3) is 11.6 Å². The highest BCUT2D eigenvalue weighted by molar-refractivity contribution is 7.91. The summed E-state index contributed by atoms with van der Waals surface area (Å²) in [5.74, 6) is -0.420. The van der Waals surface area contributed by atoms with E-state index in [9.17, 15) is 18.0 Å². The minimum absolute atomic E-state index is 0.0153. The summed E-state index contributed by atoms with van der Waals surface area (Å²) in [6, 6.07) is 5.00. The summed E-state index contributed by atoms with van der Waals surface area (Å²) in [6.45, 7) is 0. The molecule has 9 heteroatoms. The number of fused-ring (bicyclic) bond motifs is 1. The van der Waals surface area contributed by atoms with Gasteiger partial charge in [0.15, 0.2) is 9.84 Å². The number of aromatic nitrogens is 1. The second-order valence-corrected chi connectivity index (χ2v) is 9.35. The topological polar surface area (TPSA) is 108 Å². The van der Waals surface area contributed by atoms with Gasteiger partial charge in [0.05, 0.1) is 22.0 Å². The molecule has 1 saturated heterocycles. The molecule has 4 heterocycles. The maximum absolute atomic E-state index is 12.4. The highest BCUT2D eigenvalue weighted by atomic mass is 32.2. The number of hydrogen-bond donors (Lipinski definition) is 3. The summed E-state index contributed by atoms with van der Waals surface area (Å²) >= 11 is 1.19. The Bertz CT molecular complexity index is 987. The zero-order valence-electron chi connectivity index (χ0n) is 13.0. The Hall–Kier alpha value is -2.39. The van der Waals surface area contributed by atoms with Crippen LogP contribution in [0.15, 0.2) is 24.4 Å². The SMILES string of the molecule is O=C1Nc2sc(C(=O)NC3CCS(=O)(=O)C3)cc2C1=Cc1ccc[nH]1. The molecule has 25 heavy (non-hydrogen) atoms. The van der Waals surface area contributed by atoms with Crippen LogP contribution in [0.5, 0.6) is 0 Å². The number of carbonyl (C=O) groups is 2. The average Bonchev–Trinajstić information content (AvgIpc) is 3.28. The van der Waals surface area contributed by atoms with E-state index in [1.54, 1.807) is 18.3 Å². The highest BCUT2D eigenvalue weighted by Gasteiger charge is 2.32. The predicted octanol–water partition coefficient (Wildman–Crippen LogP) is 1.49. The van der Waals surface area contributed by atoms with Crippen molar-refractivity contribution in [3.63, 3.8) is 0 Å². The molecule has 4 rings (SSSR count). The van der Waals surface area contributed by atoms with E-state index in [0.29, 0.717) is 27.4 Å². The second kappa shape index (κ2) is 5.85. The maximum Gasteiger partial charge on any atom is 0.261 e. The van der Waals surface area contributed by atoms with Crippen molar-refractivity contribution in [1.82, 2.24) is 10.3 Å². The van der Waals surface area contributed by atoms with Gasteiger partial charge in [-0.2, -0.15) is 0 Å². The van der Waals surface area contributed by atoms with E-state index >= 15 is 0 Å². The minimum Gasteiger partial charge on any atom is -0.362 e. The van der Waals surface area contributed by atoms with Crippen LogP contribution >= 0.6 is 11.3 Å². The van der Waals surface area contributed by atoms with Gasteiger partial charge in [0.1, 0.15) is 5.00 Å². The first-order valence-corrected chi connectivity index (χ1v) is 10.4. The van der Waals surface area contributed by atoms with Crippen molar-refractivity contribution in [2.75, 3.05) is 16.8 Å². The van der Waals surface area contributed by atoms with Gasteiger partial charge in [-0.1, -0.05) is 0 Å². The van der Waals surface area contributed by atoms with Gasteiger partial charge in [0.25, 0.3) is 11.8 Å². The molecule has 1 fully saturated rings. The Kier molecular flexibility index (Phi) is 3.77. The molecule has 2 aliphatic rings. The van der Waals surface area contributed by atoms with Crippen molar-refractivity contribution in [3.05, 3.63) is 40.5 Å². The predicted molar refractivity (Wildman–Crippen MR) is 96.1 cm³/mol. The van der Waals surface area contributed by atoms with E-state index in [2.05, 4.69) is 15.6 Å². The average molecular weight is 377 g/mol. The monoisotopic (exact) mass is 377 g/mol. The fraction of sp³-hybridized carbons (Fsp3) is 0.250. The molecule has 0 bridgehead atoms. The summed E-state index contributed by atoms with van der Waals surface area (Å²) in [4.78, 5) is 27.9. The Morgan fingerprint density at radius 1 is 1.40 bits per heavy atom. The number of thiophene rings is 1. The molecule has 1 atom stereocenters. The van der Waals surface area contributed by atoms with Crippen molar-refractivity contribution in [1.29, 1.82) is 0 Å². The second-order valence-electron chi connectivity index (χ2n) is 6.06. The molecule has 0 spiro atoms. The molecular weight excluding hydrogens is 362 g/mol. The van der Waals surface area contributed by atoms with Gasteiger partial charge < -0.3 is 15.6 Å². The van der Waals surface area contributed by atoms with Gasteiger partial charge in [0.2, 0.25) is 0 Å². The van der Waals surface area contributed by atoms with Crippen molar-refractivity contribution >= 4 is 49.6 Å². The molecule has 2 aromatic heterocycles. The molecule has 1 unspecified atom stereocenters. The third kappa shape index (κ3) is 3.12. The number of rotatable bonds is 3. The van der Waals surface area contributed by atoms with E-state index in [1.807, 2.05) is 12.1 Å². The standard InChI is InChI=1S/C16H15N3O4S2/c20-14-11(6-9-2-1-4-17-9)12-7-13(24-16(12)19-14)15(21)18-10-3-5-25(22,23)8-10/h1-2,4,6-7,10,17H,3,5,8H2,(H,18,21)(H,19,20). The Morgan fingerprint density at radius 3 is 2.92 bits per heavy atom. The molecule has 7 nitrogen and oxygen atoms in total. The van der Waals surface area contributed by atoms with Crippen LogP contribution < -0.4 is 10.6 Å². The third-order valence-electron chi connectivity index (χ3n) is 4.21. The van der Waals surface area contributed by atoms with Crippen LogP contribution in [-0.4, -0.2) is 42.8 Å². The number of sulfone groups is 1. The van der Waals surface area contributed by atoms with Crippen molar-refractivity contribution in [2.24, 2.45) is 0 Å². The van der Waals surface area contributed by atoms with Crippen LogP contribution in [0.3, 0.4) is 0 Å². The largest absolute Gasteiger partial charge is 0.362 e. The van der Waals surface area contributed by atoms with Crippen LogP contribution in [-0.2, 0) is 14.6 Å². The van der Waals surface area contributed by atoms with Gasteiger partial charge in [-0.15, -0.1) is 11.3 Å². The van der Waals surface area contributed by atoms with Crippen LogP contribution in [0.4, 0.5) is 5.00 Å². The zero-order valence-corrected chi connectivity index (χ0v) is 14.7. The van der Waals surface area contributed by atoms with Crippen molar-refractivity contribution in [3.8, 4) is 0 Å². The Morgan fingerprint density at radius 2 is 2.24 bits per heavy atom. The van der Waals surface area contributed by atoms with Crippen LogP contribution in [0.1, 0.15) is 27.3 Å². The van der Waals surface area contributed by atoms with Gasteiger partial charge in [-0.3, -0.25) is 9.59 Å². The number of aromatic amines is 1. The van der Waals surface area contributed by atoms with E-state index < -0.39 is 9.84 Å². The molecule has 3 N–H and O–H groups in total. The van der Waals surface area contributed by atoms with Gasteiger partial charge in [-0.05, 0) is 30.7 Å². The van der Waals surface area contributed by atoms with E-state index in [0.717, 1.165) is 5.69 Å². The number of anilines is 1. The molecule has 0 saturated carbocycles. The molecule has 130 valence electrons. The Balaban J connectivity index is 1.56. The number of H-pyrrole nitrogens is 1. The molecular formula is C16H15N3O4S2. The lowest BCUT2D eigenvalue weighted by Gasteiger charge is -2.09. The summed E-state index contributed by atoms with van der Waals surface area (Å²) < 4.78 is 23.0. The lowest BCUT2D eigenvalue weighted by Crippen LogP contribution is -2.35. The Labute approximate surface area is 148 Å². The van der Waals surface area contributed by atoms with Crippen molar-refractivity contribution in [2.45, 2.75) is 12.5 Å². The molecule has 2 amide bonds. The molecule has 0 radical (unpaired) electrons. The van der Waals surface area contributed by atoms with E-state index in [-0.39, 0.29) is 29.4 Å². The third-order valence-corrected chi connectivity index (χ3v) is 7.02. The molecule has 0 aliphatic carbocycles. The molecule has 2 aromatic rings. The zero-order chi connectivity index (χ0) is 17.6. The first kappa shape index (κ1) is 16.1. The quantitative estimate of drug-likeness (QED) is 0.704. The van der Waals surface area contributed by atoms with Gasteiger partial charge in [-0.25, -0.2) is 8.42 Å². The summed E-state index contributed by atoms with van der Waals surface area (Å²) in [6.07, 6.45) is 3.94. The number of hydrogen-bond acceptors (Lipinski definition) is 5. The molecule has 0 aromatic carbocycles. The smallest absolute Gasteiger partial charge is 0.261 e. The fourth-order valence-electron chi connectivity index (χ4n) is 2.99. The summed E-state index contributed by atoms with van der Waals surface area (Å²) in [5.41, 5.74) is 1.98. The number of carbonyl (C=O) groups excluding carboxylic acids is 2. The minimum atomic E-state index is -3.05. The first-order valence-electron chi connectivity index (χ1n) is 7.73. The highest BCUT2D eigenvalue weighted by Crippen LogP contribution is 2.39. The number of amides is 2. The molecule has 2 aliphatic heterocycles. The van der Waals surface area contributed by atoms with Crippen molar-refractivity contribution < 1.29 is 18.0 Å². The summed E-state index contributed by atoms with van der Waals surface area (Å²) in [7, 11) is -3.05. The van der Waals surface area contributed by atoms with Gasteiger partial charge >= 0.3 is 0 Å². The van der Waals surface area contributed by atoms with E-state index in [4.69, 9.17) is 0 Å². The maximum atomic E-state index is 12.4. The summed E-state index contributed by atoms with van der Waals surface area (Å²) in [5, 5.41) is 6.16. The number of nitrogens with one attached hydrogen (secondary N) is 3. The van der Waals surface area contributed by atoms with Gasteiger partial charge in [0, 0.05) is 23.5 Å². The van der Waals surface area contributed by atoms with Crippen LogP contribution in [0.2, 0.25) is 0 Å².